The van der Waals surface area contributed by atoms with Gasteiger partial charge in [0.05, 0.1) is 16.9 Å². The van der Waals surface area contributed by atoms with Crippen LogP contribution in [0.15, 0.2) is 59.5 Å². The van der Waals surface area contributed by atoms with Crippen molar-refractivity contribution in [2.75, 3.05) is 6.54 Å². The van der Waals surface area contributed by atoms with Gasteiger partial charge in [0.1, 0.15) is 12.2 Å². The van der Waals surface area contributed by atoms with Crippen LogP contribution in [0, 0.1) is 0 Å². The predicted molar refractivity (Wildman–Crippen MR) is 149 cm³/mol. The second-order valence-electron chi connectivity index (χ2n) is 10.2. The molecule has 8 nitrogen and oxygen atoms in total. The highest BCUT2D eigenvalue weighted by atomic mass is 32.1. The van der Waals surface area contributed by atoms with Crippen LogP contribution < -0.4 is 10.2 Å². The number of carboxylic acids is 1. The molecule has 41 heavy (non-hydrogen) atoms. The Bertz CT molecular complexity index is 1710. The quantitative estimate of drug-likeness (QED) is 0.264. The lowest BCUT2D eigenvalue weighted by atomic mass is 10.00. The average molecular weight is 581 g/mol. The summed E-state index contributed by atoms with van der Waals surface area (Å²) >= 11 is 1.42. The first-order valence-corrected chi connectivity index (χ1v) is 14.0. The largest absolute Gasteiger partial charge is 0.477 e. The first kappa shape index (κ1) is 26.9. The maximum Gasteiger partial charge on any atom is 0.410 e. The summed E-state index contributed by atoms with van der Waals surface area (Å²) in [6, 6.07) is 13.8. The van der Waals surface area contributed by atoms with E-state index in [-0.39, 0.29) is 35.3 Å². The number of aromatic carboxylic acids is 1. The molecule has 0 bridgehead atoms. The molecule has 2 aliphatic rings. The van der Waals surface area contributed by atoms with Crippen molar-refractivity contribution in [3.63, 3.8) is 0 Å². The van der Waals surface area contributed by atoms with Crippen LogP contribution in [0.3, 0.4) is 0 Å². The maximum absolute atomic E-state index is 13.8. The van der Waals surface area contributed by atoms with Gasteiger partial charge in [-0.05, 0) is 55.5 Å². The number of aromatic nitrogens is 1. The van der Waals surface area contributed by atoms with Gasteiger partial charge in [0.25, 0.3) is 0 Å². The van der Waals surface area contributed by atoms with Crippen LogP contribution >= 0.6 is 11.3 Å². The fourth-order valence-electron chi connectivity index (χ4n) is 5.37. The van der Waals surface area contributed by atoms with E-state index < -0.39 is 29.7 Å². The van der Waals surface area contributed by atoms with Gasteiger partial charge in [-0.3, -0.25) is 4.79 Å². The van der Waals surface area contributed by atoms with Crippen molar-refractivity contribution < 1.29 is 33.0 Å². The second-order valence-corrected chi connectivity index (χ2v) is 11.3. The number of ether oxygens (including phenoxy) is 2. The topological polar surface area (TPSA) is 98.1 Å². The average Bonchev–Trinajstić information content (AvgIpc) is 3.70. The Labute approximate surface area is 237 Å². The lowest BCUT2D eigenvalue weighted by Crippen LogP contribution is -2.38. The number of fused-ring (bicyclic) bond motifs is 2. The Kier molecular flexibility index (Phi) is 6.98. The number of thiophene rings is 1. The Hall–Kier alpha value is -4.25. The molecule has 0 spiro atoms. The van der Waals surface area contributed by atoms with Crippen LogP contribution in [0.5, 0.6) is 5.75 Å². The molecule has 1 atom stereocenters. The number of halogens is 2. The van der Waals surface area contributed by atoms with Gasteiger partial charge in [0.2, 0.25) is 5.43 Å². The number of carbonyl (C=O) groups excluding carboxylic acids is 1. The number of carboxylic acid groups (broad SMARTS) is 1. The summed E-state index contributed by atoms with van der Waals surface area (Å²) in [4.78, 5) is 41.0. The Morgan fingerprint density at radius 2 is 1.90 bits per heavy atom. The molecule has 0 saturated heterocycles. The number of nitrogens with zero attached hydrogens (tertiary/aromatic N) is 2. The van der Waals surface area contributed by atoms with Crippen LogP contribution in [0.4, 0.5) is 13.6 Å². The van der Waals surface area contributed by atoms with Crippen molar-refractivity contribution in [1.29, 1.82) is 0 Å². The van der Waals surface area contributed by atoms with Gasteiger partial charge in [-0.2, -0.15) is 8.78 Å². The van der Waals surface area contributed by atoms with Crippen molar-refractivity contribution in [3.05, 3.63) is 86.5 Å². The predicted octanol–water partition coefficient (Wildman–Crippen LogP) is 6.62. The molecule has 1 amide bonds. The molecule has 2 aromatic heterocycles. The minimum absolute atomic E-state index is 0.0122. The smallest absolute Gasteiger partial charge is 0.410 e. The number of pyridine rings is 1. The number of alkyl halides is 2. The molecule has 212 valence electrons. The van der Waals surface area contributed by atoms with E-state index in [2.05, 4.69) is 0 Å². The number of rotatable bonds is 7. The van der Waals surface area contributed by atoms with Gasteiger partial charge in [-0.15, -0.1) is 11.3 Å². The molecule has 1 fully saturated rings. The molecule has 1 aliphatic heterocycles. The van der Waals surface area contributed by atoms with Crippen molar-refractivity contribution in [2.45, 2.75) is 51.5 Å². The summed E-state index contributed by atoms with van der Waals surface area (Å²) in [5.41, 5.74) is 1.13. The number of benzene rings is 2. The van der Waals surface area contributed by atoms with E-state index in [1.807, 2.05) is 43.3 Å². The second kappa shape index (κ2) is 10.6. The van der Waals surface area contributed by atoms with Gasteiger partial charge in [-0.1, -0.05) is 30.3 Å². The maximum atomic E-state index is 13.8. The van der Waals surface area contributed by atoms with Crippen LogP contribution in [0.2, 0.25) is 0 Å². The zero-order chi connectivity index (χ0) is 28.8. The minimum Gasteiger partial charge on any atom is -0.477 e. The molecule has 0 radical (unpaired) electrons. The fraction of sp³-hybridized carbons (Fsp3) is 0.300. The number of amides is 1. The zero-order valence-corrected chi connectivity index (χ0v) is 22.8. The van der Waals surface area contributed by atoms with Gasteiger partial charge in [-0.25, -0.2) is 9.59 Å². The first-order valence-electron chi connectivity index (χ1n) is 13.2. The van der Waals surface area contributed by atoms with E-state index in [1.54, 1.807) is 9.47 Å². The third-order valence-electron chi connectivity index (χ3n) is 7.57. The number of carbonyl (C=O) groups is 2. The van der Waals surface area contributed by atoms with Crippen molar-refractivity contribution >= 4 is 34.3 Å². The minimum atomic E-state index is -3.16. The summed E-state index contributed by atoms with van der Waals surface area (Å²) in [5, 5.41) is 9.58. The summed E-state index contributed by atoms with van der Waals surface area (Å²) in [7, 11) is 0. The third kappa shape index (κ3) is 5.06. The lowest BCUT2D eigenvalue weighted by Gasteiger charge is -2.32. The number of hydrogen-bond donors (Lipinski definition) is 1. The molecule has 1 aliphatic carbocycles. The Morgan fingerprint density at radius 3 is 2.59 bits per heavy atom. The van der Waals surface area contributed by atoms with Crippen LogP contribution in [0.1, 0.15) is 58.2 Å². The highest BCUT2D eigenvalue weighted by molar-refractivity contribution is 7.15. The molecule has 2 aromatic carbocycles. The summed E-state index contributed by atoms with van der Waals surface area (Å²) in [5.74, 6) is -1.54. The summed E-state index contributed by atoms with van der Waals surface area (Å²) < 4.78 is 39.7. The summed E-state index contributed by atoms with van der Waals surface area (Å²) in [6.07, 6.45) is 2.83. The van der Waals surface area contributed by atoms with Crippen molar-refractivity contribution in [2.24, 2.45) is 0 Å². The zero-order valence-electron chi connectivity index (χ0n) is 22.0. The SMILES string of the molecule is CC1c2cc(-c3ccc4c(=O)c(C(=O)O)cn(C5CC5)c4c3OC(F)F)sc2CCN1C(=O)OCc1ccccc1. The monoisotopic (exact) mass is 580 g/mol. The summed E-state index contributed by atoms with van der Waals surface area (Å²) in [6.45, 7) is -0.668. The molecular weight excluding hydrogens is 554 g/mol. The molecule has 3 heterocycles. The van der Waals surface area contributed by atoms with Crippen LogP contribution in [0.25, 0.3) is 21.3 Å². The fourth-order valence-corrected chi connectivity index (χ4v) is 6.64. The van der Waals surface area contributed by atoms with E-state index in [1.165, 1.54) is 29.7 Å². The van der Waals surface area contributed by atoms with Gasteiger partial charge < -0.3 is 24.0 Å². The number of hydrogen-bond acceptors (Lipinski definition) is 6. The molecule has 6 rings (SSSR count). The van der Waals surface area contributed by atoms with Crippen LogP contribution in [-0.2, 0) is 17.8 Å². The molecule has 1 saturated carbocycles. The Balaban J connectivity index is 1.38. The van der Waals surface area contributed by atoms with Gasteiger partial charge in [0, 0.05) is 34.1 Å². The van der Waals surface area contributed by atoms with Crippen molar-refractivity contribution in [3.8, 4) is 16.2 Å². The first-order chi connectivity index (χ1) is 19.7. The van der Waals surface area contributed by atoms with E-state index >= 15 is 0 Å². The Morgan fingerprint density at radius 1 is 1.15 bits per heavy atom. The van der Waals surface area contributed by atoms with Crippen molar-refractivity contribution in [1.82, 2.24) is 9.47 Å². The molecule has 4 aromatic rings. The third-order valence-corrected chi connectivity index (χ3v) is 8.81. The van der Waals surface area contributed by atoms with Gasteiger partial charge >= 0.3 is 18.7 Å². The molecular formula is C30H26F2N2O6S. The highest BCUT2D eigenvalue weighted by Gasteiger charge is 2.33. The molecule has 1 N–H and O–H groups in total. The molecule has 1 unspecified atom stereocenters. The van der Waals surface area contributed by atoms with Crippen LogP contribution in [-0.4, -0.2) is 39.8 Å². The standard InChI is InChI=1S/C30H26F2N2O6S/c1-16-21-13-24(41-23(21)11-12-33(16)30(38)39-15-17-5-3-2-4-6-17)19-9-10-20-25(27(19)40-29(31)32)34(18-7-8-18)14-22(26(20)35)28(36)37/h2-6,9-10,13-14,16,18,29H,7-8,11-12,15H2,1H3,(H,36,37). The van der Waals surface area contributed by atoms with Gasteiger partial charge in [0.15, 0.2) is 5.75 Å². The molecule has 11 heteroatoms. The van der Waals surface area contributed by atoms with E-state index in [9.17, 15) is 28.3 Å². The van der Waals surface area contributed by atoms with E-state index in [4.69, 9.17) is 9.47 Å². The van der Waals surface area contributed by atoms with E-state index in [0.717, 1.165) is 28.8 Å². The highest BCUT2D eigenvalue weighted by Crippen LogP contribution is 2.47. The van der Waals surface area contributed by atoms with E-state index in [0.29, 0.717) is 23.4 Å². The lowest BCUT2D eigenvalue weighted by molar-refractivity contribution is -0.0486. The normalized spacial score (nSPS) is 16.6.